The molecule has 0 aromatic carbocycles. The summed E-state index contributed by atoms with van der Waals surface area (Å²) in [7, 11) is 0. The van der Waals surface area contributed by atoms with Crippen LogP contribution in [-0.4, -0.2) is 81.6 Å². The van der Waals surface area contributed by atoms with Gasteiger partial charge in [-0.15, -0.1) is 0 Å². The van der Waals surface area contributed by atoms with Crippen LogP contribution < -0.4 is 0 Å². The van der Waals surface area contributed by atoms with Gasteiger partial charge in [-0.25, -0.2) is 4.79 Å². The third-order valence-electron chi connectivity index (χ3n) is 6.25. The summed E-state index contributed by atoms with van der Waals surface area (Å²) in [4.78, 5) is 66.3. The number of nitrogens with zero attached hydrogens (tertiary/aromatic N) is 3. The highest BCUT2D eigenvalue weighted by molar-refractivity contribution is 6.12. The minimum atomic E-state index is -0.615. The Bertz CT molecular complexity index is 813. The van der Waals surface area contributed by atoms with E-state index in [1.165, 1.54) is 17.1 Å². The Morgan fingerprint density at radius 3 is 2.15 bits per heavy atom. The van der Waals surface area contributed by atoms with Crippen molar-refractivity contribution in [2.24, 2.45) is 0 Å². The summed E-state index contributed by atoms with van der Waals surface area (Å²) in [6.07, 6.45) is 7.53. The van der Waals surface area contributed by atoms with E-state index in [1.54, 1.807) is 30.6 Å². The number of unbranched alkanes of at least 4 members (excludes halogenated alkanes) is 2. The number of esters is 1. The molecule has 9 nitrogen and oxygen atoms in total. The molecule has 0 aromatic rings. The van der Waals surface area contributed by atoms with E-state index in [4.69, 9.17) is 4.74 Å². The molecule has 0 spiro atoms. The highest BCUT2D eigenvalue weighted by Crippen LogP contribution is 2.27. The van der Waals surface area contributed by atoms with Crippen molar-refractivity contribution >= 4 is 29.6 Å². The smallest absolute Gasteiger partial charge is 0.329 e. The normalized spacial score (nSPS) is 23.1. The van der Waals surface area contributed by atoms with Gasteiger partial charge < -0.3 is 14.5 Å². The topological polar surface area (TPSA) is 104 Å². The first-order valence-corrected chi connectivity index (χ1v) is 11.9. The average Bonchev–Trinajstić information content (AvgIpc) is 3.47. The molecule has 1 unspecified atom stereocenters. The van der Waals surface area contributed by atoms with Gasteiger partial charge in [0, 0.05) is 38.2 Å². The number of carbonyl (C=O) groups excluding carboxylic acids is 5. The van der Waals surface area contributed by atoms with Crippen LogP contribution >= 0.6 is 0 Å². The highest BCUT2D eigenvalue weighted by Gasteiger charge is 2.43. The first kappa shape index (κ1) is 24.9. The van der Waals surface area contributed by atoms with Gasteiger partial charge in [0.15, 0.2) is 0 Å². The van der Waals surface area contributed by atoms with E-state index in [0.717, 1.165) is 12.8 Å². The van der Waals surface area contributed by atoms with Crippen LogP contribution in [0.3, 0.4) is 0 Å². The first-order valence-electron chi connectivity index (χ1n) is 11.9. The molecule has 4 amide bonds. The van der Waals surface area contributed by atoms with E-state index in [1.807, 2.05) is 0 Å². The number of imide groups is 1. The van der Waals surface area contributed by atoms with Crippen LogP contribution in [-0.2, 0) is 28.7 Å². The second-order valence-electron chi connectivity index (χ2n) is 9.94. The van der Waals surface area contributed by atoms with Crippen molar-refractivity contribution in [3.8, 4) is 0 Å². The van der Waals surface area contributed by atoms with Gasteiger partial charge in [-0.2, -0.15) is 0 Å². The number of amides is 4. The second kappa shape index (κ2) is 10.5. The van der Waals surface area contributed by atoms with E-state index in [9.17, 15) is 24.0 Å². The molecule has 33 heavy (non-hydrogen) atoms. The number of ether oxygens (including phenoxy) is 1. The Morgan fingerprint density at radius 2 is 1.52 bits per heavy atom. The van der Waals surface area contributed by atoms with Gasteiger partial charge in [0.05, 0.1) is 0 Å². The molecular weight excluding hydrogens is 426 g/mol. The van der Waals surface area contributed by atoms with Crippen molar-refractivity contribution < 1.29 is 28.7 Å². The van der Waals surface area contributed by atoms with E-state index in [0.29, 0.717) is 58.2 Å². The Hall–Kier alpha value is -2.71. The van der Waals surface area contributed by atoms with E-state index >= 15 is 0 Å². The maximum atomic E-state index is 13.3. The van der Waals surface area contributed by atoms with Crippen LogP contribution in [0.4, 0.5) is 0 Å². The number of likely N-dealkylation sites (tertiary alicyclic amines) is 2. The summed E-state index contributed by atoms with van der Waals surface area (Å²) in [6.45, 7) is 6.82. The van der Waals surface area contributed by atoms with Crippen LogP contribution in [0.25, 0.3) is 0 Å². The molecule has 0 radical (unpaired) electrons. The van der Waals surface area contributed by atoms with Crippen LogP contribution in [0.5, 0.6) is 0 Å². The number of hydrogen-bond donors (Lipinski definition) is 0. The highest BCUT2D eigenvalue weighted by atomic mass is 16.6. The maximum Gasteiger partial charge on any atom is 0.329 e. The monoisotopic (exact) mass is 461 g/mol. The molecule has 182 valence electrons. The minimum Gasteiger partial charge on any atom is -0.458 e. The average molecular weight is 462 g/mol. The fourth-order valence-electron chi connectivity index (χ4n) is 4.68. The molecule has 3 heterocycles. The van der Waals surface area contributed by atoms with Crippen molar-refractivity contribution in [3.05, 3.63) is 12.2 Å². The van der Waals surface area contributed by atoms with Gasteiger partial charge in [0.25, 0.3) is 11.8 Å². The van der Waals surface area contributed by atoms with Crippen molar-refractivity contribution in [1.82, 2.24) is 14.7 Å². The molecule has 2 fully saturated rings. The van der Waals surface area contributed by atoms with Gasteiger partial charge in [0.2, 0.25) is 11.8 Å². The van der Waals surface area contributed by atoms with Gasteiger partial charge in [-0.3, -0.25) is 24.1 Å². The molecule has 3 rings (SSSR count). The standard InChI is InChI=1S/C24H35N3O6/c1-24(2,3)33-23(32)18-10-8-16-26(18)22(31)17-9-7-15-25(17)19(28)11-5-4-6-14-27-20(29)12-13-21(27)30/h12-13,17-18H,4-11,14-16H2,1-3H3/t17-,18?/m0/s1. The molecule has 0 aliphatic carbocycles. The molecule has 2 atom stereocenters. The molecule has 0 saturated carbocycles. The summed E-state index contributed by atoms with van der Waals surface area (Å²) in [5.74, 6) is -1.18. The Balaban J connectivity index is 1.47. The fourth-order valence-corrected chi connectivity index (χ4v) is 4.68. The van der Waals surface area contributed by atoms with Crippen LogP contribution in [0, 0.1) is 0 Å². The van der Waals surface area contributed by atoms with Crippen molar-refractivity contribution in [1.29, 1.82) is 0 Å². The Labute approximate surface area is 195 Å². The zero-order chi connectivity index (χ0) is 24.2. The molecule has 3 aliphatic rings. The third-order valence-corrected chi connectivity index (χ3v) is 6.25. The van der Waals surface area contributed by atoms with E-state index < -0.39 is 17.7 Å². The Kier molecular flexibility index (Phi) is 7.92. The number of hydrogen-bond acceptors (Lipinski definition) is 6. The summed E-state index contributed by atoms with van der Waals surface area (Å²) >= 11 is 0. The molecule has 0 aromatic heterocycles. The number of carbonyl (C=O) groups is 5. The second-order valence-corrected chi connectivity index (χ2v) is 9.94. The lowest BCUT2D eigenvalue weighted by Crippen LogP contribution is -2.51. The first-order chi connectivity index (χ1) is 15.6. The maximum absolute atomic E-state index is 13.3. The lowest BCUT2D eigenvalue weighted by molar-refractivity contribution is -0.164. The fraction of sp³-hybridized carbons (Fsp3) is 0.708. The molecular formula is C24H35N3O6. The lowest BCUT2D eigenvalue weighted by Gasteiger charge is -2.32. The van der Waals surface area contributed by atoms with Crippen molar-refractivity contribution in [2.75, 3.05) is 19.6 Å². The lowest BCUT2D eigenvalue weighted by atomic mass is 10.1. The van der Waals surface area contributed by atoms with Crippen LogP contribution in [0.2, 0.25) is 0 Å². The molecule has 9 heteroatoms. The summed E-state index contributed by atoms with van der Waals surface area (Å²) in [5.41, 5.74) is -0.615. The molecule has 0 bridgehead atoms. The van der Waals surface area contributed by atoms with E-state index in [-0.39, 0.29) is 29.6 Å². The zero-order valence-electron chi connectivity index (χ0n) is 19.9. The zero-order valence-corrected chi connectivity index (χ0v) is 19.9. The predicted molar refractivity (Wildman–Crippen MR) is 120 cm³/mol. The van der Waals surface area contributed by atoms with Gasteiger partial charge >= 0.3 is 5.97 Å². The van der Waals surface area contributed by atoms with Crippen LogP contribution in [0.15, 0.2) is 12.2 Å². The van der Waals surface area contributed by atoms with Crippen LogP contribution in [0.1, 0.15) is 72.1 Å². The summed E-state index contributed by atoms with van der Waals surface area (Å²) in [6, 6.07) is -1.11. The molecule has 0 N–H and O–H groups in total. The SMILES string of the molecule is CC(C)(C)OC(=O)C1CCCN1C(=O)[C@@H]1CCCN1C(=O)CCCCCN1C(=O)C=CC1=O. The van der Waals surface area contributed by atoms with Crippen molar-refractivity contribution in [3.63, 3.8) is 0 Å². The molecule has 3 aliphatic heterocycles. The van der Waals surface area contributed by atoms with Gasteiger partial charge in [-0.1, -0.05) is 6.42 Å². The van der Waals surface area contributed by atoms with Gasteiger partial charge in [-0.05, 0) is 59.3 Å². The quantitative estimate of drug-likeness (QED) is 0.310. The predicted octanol–water partition coefficient (Wildman–Crippen LogP) is 1.80. The summed E-state index contributed by atoms with van der Waals surface area (Å²) < 4.78 is 5.50. The minimum absolute atomic E-state index is 0.0612. The third kappa shape index (κ3) is 6.21. The molecule has 2 saturated heterocycles. The largest absolute Gasteiger partial charge is 0.458 e. The van der Waals surface area contributed by atoms with E-state index in [2.05, 4.69) is 0 Å². The Morgan fingerprint density at radius 1 is 0.909 bits per heavy atom. The summed E-state index contributed by atoms with van der Waals surface area (Å²) in [5, 5.41) is 0. The van der Waals surface area contributed by atoms with Crippen molar-refractivity contribution in [2.45, 2.75) is 89.8 Å². The van der Waals surface area contributed by atoms with Gasteiger partial charge in [0.1, 0.15) is 17.7 Å². The number of rotatable bonds is 8.